The summed E-state index contributed by atoms with van der Waals surface area (Å²) in [4.78, 5) is 11.3. The Morgan fingerprint density at radius 3 is 2.47 bits per heavy atom. The fourth-order valence-corrected chi connectivity index (χ4v) is 2.15. The van der Waals surface area contributed by atoms with Gasteiger partial charge in [-0.25, -0.2) is 0 Å². The summed E-state index contributed by atoms with van der Waals surface area (Å²) in [6.07, 6.45) is 7.34. The summed E-state index contributed by atoms with van der Waals surface area (Å²) in [6, 6.07) is 0. The minimum atomic E-state index is -0.110. The summed E-state index contributed by atoms with van der Waals surface area (Å²) >= 11 is 0. The van der Waals surface area contributed by atoms with Gasteiger partial charge in [-0.1, -0.05) is 22.8 Å². The van der Waals surface area contributed by atoms with Gasteiger partial charge in [0.05, 0.1) is 0 Å². The van der Waals surface area contributed by atoms with Crippen LogP contribution >= 0.6 is 0 Å². The minimum Gasteiger partial charge on any atom is -0.303 e. The monoisotopic (exact) mass is 206 g/mol. The first-order chi connectivity index (χ1) is 6.99. The van der Waals surface area contributed by atoms with E-state index in [0.29, 0.717) is 0 Å². The highest BCUT2D eigenvalue weighted by molar-refractivity contribution is 5.61. The first-order valence-corrected chi connectivity index (χ1v) is 5.74. The molecular weight excluding hydrogens is 184 g/mol. The third-order valence-electron chi connectivity index (χ3n) is 3.51. The lowest BCUT2D eigenvalue weighted by Crippen LogP contribution is -2.26. The Hall–Kier alpha value is -0.850. The number of hydrogen-bond acceptors (Lipinski definition) is 1. The molecule has 0 heterocycles. The third kappa shape index (κ3) is 3.05. The molecule has 0 N–H and O–H groups in total. The van der Waals surface area contributed by atoms with E-state index in [4.69, 9.17) is 0 Å². The van der Waals surface area contributed by atoms with Crippen molar-refractivity contribution in [1.82, 2.24) is 0 Å². The van der Waals surface area contributed by atoms with E-state index in [0.717, 1.165) is 25.7 Å². The van der Waals surface area contributed by atoms with Gasteiger partial charge in [0.1, 0.15) is 6.29 Å². The molecule has 0 aliphatic heterocycles. The lowest BCUT2D eigenvalue weighted by Gasteiger charge is -2.32. The Bertz CT molecular complexity index is 305. The van der Waals surface area contributed by atoms with Gasteiger partial charge in [0, 0.05) is 5.41 Å². The highest BCUT2D eigenvalue weighted by atomic mass is 16.1. The lowest BCUT2D eigenvalue weighted by atomic mass is 9.71. The van der Waals surface area contributed by atoms with E-state index in [9.17, 15) is 4.79 Å². The molecular formula is C14H22O. The molecule has 0 radical (unpaired) electrons. The Morgan fingerprint density at radius 2 is 2.00 bits per heavy atom. The van der Waals surface area contributed by atoms with Gasteiger partial charge in [0.15, 0.2) is 0 Å². The van der Waals surface area contributed by atoms with Crippen molar-refractivity contribution < 1.29 is 4.79 Å². The third-order valence-corrected chi connectivity index (χ3v) is 3.51. The Kier molecular flexibility index (Phi) is 3.90. The molecule has 0 saturated carbocycles. The highest BCUT2D eigenvalue weighted by Gasteiger charge is 2.32. The number of allylic oxidation sites excluding steroid dienone is 4. The fraction of sp³-hybridized carbons (Fsp3) is 0.643. The Balaban J connectivity index is 2.80. The van der Waals surface area contributed by atoms with E-state index >= 15 is 0 Å². The first-order valence-electron chi connectivity index (χ1n) is 5.74. The standard InChI is InChI=1S/C14H22O/c1-11(2)5-7-14(10-15)8-6-12(3)13(4)9-14/h5,10H,6-9H2,1-4H3. The van der Waals surface area contributed by atoms with Gasteiger partial charge in [-0.2, -0.15) is 0 Å². The molecule has 1 unspecified atom stereocenters. The normalized spacial score (nSPS) is 26.4. The molecule has 0 fully saturated rings. The second-order valence-corrected chi connectivity index (χ2v) is 5.20. The predicted molar refractivity (Wildman–Crippen MR) is 64.8 cm³/mol. The maximum Gasteiger partial charge on any atom is 0.126 e. The predicted octanol–water partition coefficient (Wildman–Crippen LogP) is 4.05. The van der Waals surface area contributed by atoms with Crippen molar-refractivity contribution >= 4 is 6.29 Å². The van der Waals surface area contributed by atoms with Crippen molar-refractivity contribution in [3.63, 3.8) is 0 Å². The van der Waals surface area contributed by atoms with Crippen molar-refractivity contribution in [1.29, 1.82) is 0 Å². The number of aldehydes is 1. The summed E-state index contributed by atoms with van der Waals surface area (Å²) in [5.41, 5.74) is 4.08. The molecule has 84 valence electrons. The van der Waals surface area contributed by atoms with Crippen LogP contribution in [0.5, 0.6) is 0 Å². The lowest BCUT2D eigenvalue weighted by molar-refractivity contribution is -0.116. The van der Waals surface area contributed by atoms with Crippen LogP contribution in [-0.2, 0) is 4.79 Å². The van der Waals surface area contributed by atoms with Crippen molar-refractivity contribution in [2.75, 3.05) is 0 Å². The average Bonchev–Trinajstić information content (AvgIpc) is 2.20. The smallest absolute Gasteiger partial charge is 0.126 e. The van der Waals surface area contributed by atoms with Crippen LogP contribution in [0.4, 0.5) is 0 Å². The van der Waals surface area contributed by atoms with Crippen LogP contribution in [0.1, 0.15) is 53.4 Å². The van der Waals surface area contributed by atoms with Crippen LogP contribution in [0.3, 0.4) is 0 Å². The zero-order valence-electron chi connectivity index (χ0n) is 10.4. The minimum absolute atomic E-state index is 0.110. The van der Waals surface area contributed by atoms with Crippen molar-refractivity contribution in [2.24, 2.45) is 5.41 Å². The summed E-state index contributed by atoms with van der Waals surface area (Å²) in [7, 11) is 0. The van der Waals surface area contributed by atoms with Crippen LogP contribution in [-0.4, -0.2) is 6.29 Å². The zero-order valence-corrected chi connectivity index (χ0v) is 10.4. The summed E-state index contributed by atoms with van der Waals surface area (Å²) in [5, 5.41) is 0. The molecule has 1 aliphatic rings. The summed E-state index contributed by atoms with van der Waals surface area (Å²) in [5.74, 6) is 0. The molecule has 1 heteroatoms. The average molecular weight is 206 g/mol. The molecule has 0 saturated heterocycles. The molecule has 0 aromatic heterocycles. The van der Waals surface area contributed by atoms with Gasteiger partial charge in [0.25, 0.3) is 0 Å². The highest BCUT2D eigenvalue weighted by Crippen LogP contribution is 2.40. The second-order valence-electron chi connectivity index (χ2n) is 5.20. The van der Waals surface area contributed by atoms with Gasteiger partial charge in [-0.3, -0.25) is 0 Å². The topological polar surface area (TPSA) is 17.1 Å². The molecule has 0 spiro atoms. The molecule has 0 bridgehead atoms. The van der Waals surface area contributed by atoms with Gasteiger partial charge < -0.3 is 4.79 Å². The van der Waals surface area contributed by atoms with E-state index in [-0.39, 0.29) is 5.41 Å². The Labute approximate surface area is 93.3 Å². The van der Waals surface area contributed by atoms with Crippen molar-refractivity contribution in [3.8, 4) is 0 Å². The zero-order chi connectivity index (χ0) is 11.5. The van der Waals surface area contributed by atoms with Crippen LogP contribution < -0.4 is 0 Å². The Morgan fingerprint density at radius 1 is 1.33 bits per heavy atom. The number of hydrogen-bond donors (Lipinski definition) is 0. The molecule has 15 heavy (non-hydrogen) atoms. The summed E-state index contributed by atoms with van der Waals surface area (Å²) in [6.45, 7) is 8.53. The molecule has 0 aromatic rings. The number of carbonyl (C=O) groups is 1. The molecule has 0 amide bonds. The van der Waals surface area contributed by atoms with Crippen molar-refractivity contribution in [2.45, 2.75) is 53.4 Å². The maximum atomic E-state index is 11.3. The van der Waals surface area contributed by atoms with Gasteiger partial charge in [0.2, 0.25) is 0 Å². The van der Waals surface area contributed by atoms with Crippen LogP contribution in [0.2, 0.25) is 0 Å². The first kappa shape index (κ1) is 12.2. The largest absolute Gasteiger partial charge is 0.303 e. The fourth-order valence-electron chi connectivity index (χ4n) is 2.15. The SMILES string of the molecule is CC(C)=CCC1(C=O)CCC(C)=C(C)C1. The molecule has 1 nitrogen and oxygen atoms in total. The second kappa shape index (κ2) is 4.78. The van der Waals surface area contributed by atoms with Gasteiger partial charge >= 0.3 is 0 Å². The van der Waals surface area contributed by atoms with E-state index < -0.39 is 0 Å². The molecule has 0 aromatic carbocycles. The molecule has 1 aliphatic carbocycles. The molecule has 1 atom stereocenters. The van der Waals surface area contributed by atoms with E-state index in [2.05, 4.69) is 33.8 Å². The van der Waals surface area contributed by atoms with Gasteiger partial charge in [-0.15, -0.1) is 0 Å². The van der Waals surface area contributed by atoms with E-state index in [1.54, 1.807) is 0 Å². The molecule has 1 rings (SSSR count). The van der Waals surface area contributed by atoms with Crippen LogP contribution in [0.25, 0.3) is 0 Å². The van der Waals surface area contributed by atoms with Crippen LogP contribution in [0.15, 0.2) is 22.8 Å². The van der Waals surface area contributed by atoms with Gasteiger partial charge in [-0.05, 0) is 53.4 Å². The van der Waals surface area contributed by atoms with Crippen molar-refractivity contribution in [3.05, 3.63) is 22.8 Å². The van der Waals surface area contributed by atoms with Crippen LogP contribution in [0, 0.1) is 5.41 Å². The maximum absolute atomic E-state index is 11.3. The summed E-state index contributed by atoms with van der Waals surface area (Å²) < 4.78 is 0. The number of rotatable bonds is 3. The van der Waals surface area contributed by atoms with E-state index in [1.165, 1.54) is 23.0 Å². The number of carbonyl (C=O) groups excluding carboxylic acids is 1. The van der Waals surface area contributed by atoms with E-state index in [1.807, 2.05) is 0 Å². The quantitative estimate of drug-likeness (QED) is 0.503.